The van der Waals surface area contributed by atoms with Crippen molar-refractivity contribution in [3.05, 3.63) is 11.6 Å². The van der Waals surface area contributed by atoms with Gasteiger partial charge in [-0.15, -0.1) is 0 Å². The van der Waals surface area contributed by atoms with Crippen molar-refractivity contribution < 1.29 is 9.90 Å². The molecule has 2 heteroatoms. The van der Waals surface area contributed by atoms with Crippen molar-refractivity contribution in [1.82, 2.24) is 0 Å². The monoisotopic (exact) mass is 152 g/mol. The summed E-state index contributed by atoms with van der Waals surface area (Å²) < 4.78 is 0. The molecule has 0 aromatic heterocycles. The van der Waals surface area contributed by atoms with Crippen molar-refractivity contribution >= 4 is 5.97 Å². The molecule has 0 heterocycles. The Morgan fingerprint density at radius 2 is 1.91 bits per heavy atom. The molecule has 60 valence electrons. The molecule has 2 rings (SSSR count). The van der Waals surface area contributed by atoms with Crippen molar-refractivity contribution in [1.29, 1.82) is 0 Å². The van der Waals surface area contributed by atoms with Gasteiger partial charge in [-0.2, -0.15) is 0 Å². The van der Waals surface area contributed by atoms with Crippen molar-refractivity contribution in [3.8, 4) is 0 Å². The molecule has 2 fully saturated rings. The van der Waals surface area contributed by atoms with Gasteiger partial charge < -0.3 is 5.11 Å². The Morgan fingerprint density at radius 3 is 2.27 bits per heavy atom. The standard InChI is InChI=1S/C9H12O2/c10-9(11)5-6-3-7-1-2-8(7)4-6/h5,7-8H,1-4H2,(H,10,11)/t7-,8-/m0/s1. The van der Waals surface area contributed by atoms with Gasteiger partial charge in [-0.3, -0.25) is 0 Å². The van der Waals surface area contributed by atoms with E-state index in [1.807, 2.05) is 0 Å². The molecule has 0 radical (unpaired) electrons. The maximum Gasteiger partial charge on any atom is 0.328 e. The molecule has 0 aliphatic heterocycles. The minimum atomic E-state index is -0.777. The van der Waals surface area contributed by atoms with Crippen LogP contribution in [0.4, 0.5) is 0 Å². The summed E-state index contributed by atoms with van der Waals surface area (Å²) in [6.07, 6.45) is 6.15. The Bertz CT molecular complexity index is 204. The Labute approximate surface area is 65.9 Å². The highest BCUT2D eigenvalue weighted by molar-refractivity contribution is 5.80. The molecule has 2 saturated carbocycles. The Balaban J connectivity index is 2.03. The van der Waals surface area contributed by atoms with E-state index in [1.54, 1.807) is 0 Å². The molecule has 11 heavy (non-hydrogen) atoms. The summed E-state index contributed by atoms with van der Waals surface area (Å²) in [7, 11) is 0. The zero-order valence-corrected chi connectivity index (χ0v) is 6.42. The molecular weight excluding hydrogens is 140 g/mol. The fourth-order valence-corrected chi connectivity index (χ4v) is 2.22. The molecule has 0 unspecified atom stereocenters. The first-order chi connectivity index (χ1) is 5.25. The average Bonchev–Trinajstić information content (AvgIpc) is 2.12. The van der Waals surface area contributed by atoms with E-state index in [-0.39, 0.29) is 0 Å². The number of hydrogen-bond acceptors (Lipinski definition) is 1. The number of carboxylic acids is 1. The maximum absolute atomic E-state index is 10.3. The van der Waals surface area contributed by atoms with Crippen LogP contribution >= 0.6 is 0 Å². The molecule has 0 saturated heterocycles. The molecule has 0 aromatic rings. The lowest BCUT2D eigenvalue weighted by atomic mass is 9.77. The molecule has 2 atom stereocenters. The van der Waals surface area contributed by atoms with E-state index in [9.17, 15) is 4.79 Å². The minimum Gasteiger partial charge on any atom is -0.478 e. The third-order valence-electron chi connectivity index (χ3n) is 2.95. The third kappa shape index (κ3) is 1.17. The smallest absolute Gasteiger partial charge is 0.328 e. The first-order valence-corrected chi connectivity index (χ1v) is 4.18. The quantitative estimate of drug-likeness (QED) is 0.582. The van der Waals surface area contributed by atoms with Gasteiger partial charge in [-0.1, -0.05) is 5.57 Å². The van der Waals surface area contributed by atoms with Crippen LogP contribution < -0.4 is 0 Å². The predicted octanol–water partition coefficient (Wildman–Crippen LogP) is 1.82. The third-order valence-corrected chi connectivity index (χ3v) is 2.95. The second kappa shape index (κ2) is 2.36. The van der Waals surface area contributed by atoms with Crippen LogP contribution in [0.1, 0.15) is 25.7 Å². The zero-order valence-electron chi connectivity index (χ0n) is 6.42. The van der Waals surface area contributed by atoms with Gasteiger partial charge in [0.2, 0.25) is 0 Å². The summed E-state index contributed by atoms with van der Waals surface area (Å²) in [5.74, 6) is 0.891. The summed E-state index contributed by atoms with van der Waals surface area (Å²) in [6, 6.07) is 0. The number of rotatable bonds is 1. The van der Waals surface area contributed by atoms with E-state index >= 15 is 0 Å². The fraction of sp³-hybridized carbons (Fsp3) is 0.667. The summed E-state index contributed by atoms with van der Waals surface area (Å²) in [6.45, 7) is 0. The number of hydrogen-bond donors (Lipinski definition) is 1. The van der Waals surface area contributed by atoms with Crippen LogP contribution in [-0.2, 0) is 4.79 Å². The van der Waals surface area contributed by atoms with Crippen LogP contribution in [0.25, 0.3) is 0 Å². The van der Waals surface area contributed by atoms with Gasteiger partial charge in [0.25, 0.3) is 0 Å². The summed E-state index contributed by atoms with van der Waals surface area (Å²) in [4.78, 5) is 10.3. The van der Waals surface area contributed by atoms with Crippen LogP contribution in [0.3, 0.4) is 0 Å². The van der Waals surface area contributed by atoms with Gasteiger partial charge >= 0.3 is 5.97 Å². The number of aliphatic carboxylic acids is 1. The van der Waals surface area contributed by atoms with Crippen LogP contribution in [0.2, 0.25) is 0 Å². The van der Waals surface area contributed by atoms with Gasteiger partial charge in [0.05, 0.1) is 0 Å². The molecule has 2 aliphatic rings. The van der Waals surface area contributed by atoms with Crippen LogP contribution in [0, 0.1) is 11.8 Å². The van der Waals surface area contributed by atoms with Gasteiger partial charge in [0.15, 0.2) is 0 Å². The Hall–Kier alpha value is -0.790. The SMILES string of the molecule is O=C(O)C=C1C[C@@H]2CC[C@H]2C1. The van der Waals surface area contributed by atoms with Crippen LogP contribution in [0.15, 0.2) is 11.6 Å². The second-order valence-corrected chi connectivity index (χ2v) is 3.65. The molecule has 0 spiro atoms. The first-order valence-electron chi connectivity index (χ1n) is 4.18. The topological polar surface area (TPSA) is 37.3 Å². The molecule has 0 amide bonds. The summed E-state index contributed by atoms with van der Waals surface area (Å²) in [5.41, 5.74) is 1.16. The van der Waals surface area contributed by atoms with Crippen molar-refractivity contribution in [3.63, 3.8) is 0 Å². The van der Waals surface area contributed by atoms with Crippen molar-refractivity contribution in [2.24, 2.45) is 11.8 Å². The lowest BCUT2D eigenvalue weighted by molar-refractivity contribution is -0.131. The molecule has 1 N–H and O–H groups in total. The van der Waals surface area contributed by atoms with E-state index in [0.717, 1.165) is 30.3 Å². The number of carbonyl (C=O) groups is 1. The molecule has 0 bridgehead atoms. The van der Waals surface area contributed by atoms with Crippen LogP contribution in [0.5, 0.6) is 0 Å². The van der Waals surface area contributed by atoms with E-state index in [1.165, 1.54) is 18.9 Å². The number of allylic oxidation sites excluding steroid dienone is 1. The van der Waals surface area contributed by atoms with E-state index in [0.29, 0.717) is 0 Å². The maximum atomic E-state index is 10.3. The zero-order chi connectivity index (χ0) is 7.84. The van der Waals surface area contributed by atoms with Crippen LogP contribution in [-0.4, -0.2) is 11.1 Å². The molecule has 0 aromatic carbocycles. The first kappa shape index (κ1) is 6.89. The minimum absolute atomic E-state index is 0.777. The highest BCUT2D eigenvalue weighted by Crippen LogP contribution is 2.49. The van der Waals surface area contributed by atoms with E-state index in [2.05, 4.69) is 0 Å². The highest BCUT2D eigenvalue weighted by Gasteiger charge is 2.37. The van der Waals surface area contributed by atoms with Gasteiger partial charge in [-0.25, -0.2) is 4.79 Å². The molecular formula is C9H12O2. The van der Waals surface area contributed by atoms with Crippen molar-refractivity contribution in [2.75, 3.05) is 0 Å². The molecule has 2 nitrogen and oxygen atoms in total. The summed E-state index contributed by atoms with van der Waals surface area (Å²) in [5, 5.41) is 8.49. The Kier molecular flexibility index (Phi) is 1.48. The normalized spacial score (nSPS) is 34.4. The number of fused-ring (bicyclic) bond motifs is 1. The van der Waals surface area contributed by atoms with Gasteiger partial charge in [0.1, 0.15) is 0 Å². The van der Waals surface area contributed by atoms with Gasteiger partial charge in [0, 0.05) is 6.08 Å². The van der Waals surface area contributed by atoms with Crippen molar-refractivity contribution in [2.45, 2.75) is 25.7 Å². The highest BCUT2D eigenvalue weighted by atomic mass is 16.4. The van der Waals surface area contributed by atoms with E-state index < -0.39 is 5.97 Å². The number of carboxylic acid groups (broad SMARTS) is 1. The van der Waals surface area contributed by atoms with E-state index in [4.69, 9.17) is 5.11 Å². The lowest BCUT2D eigenvalue weighted by Gasteiger charge is -2.28. The summed E-state index contributed by atoms with van der Waals surface area (Å²) >= 11 is 0. The second-order valence-electron chi connectivity index (χ2n) is 3.65. The lowest BCUT2D eigenvalue weighted by Crippen LogP contribution is -2.18. The predicted molar refractivity (Wildman–Crippen MR) is 41.2 cm³/mol. The largest absolute Gasteiger partial charge is 0.478 e. The average molecular weight is 152 g/mol. The Morgan fingerprint density at radius 1 is 1.36 bits per heavy atom. The van der Waals surface area contributed by atoms with Gasteiger partial charge in [-0.05, 0) is 37.5 Å². The fourth-order valence-electron chi connectivity index (χ4n) is 2.22. The molecule has 2 aliphatic carbocycles.